The molecule has 0 unspecified atom stereocenters. The van der Waals surface area contributed by atoms with Crippen molar-refractivity contribution < 1.29 is 18.6 Å². The van der Waals surface area contributed by atoms with E-state index < -0.39 is 12.0 Å². The number of aliphatic hydroxyl groups excluding tert-OH is 1. The molecule has 0 spiro atoms. The van der Waals surface area contributed by atoms with Crippen LogP contribution in [0.4, 0.5) is 8.78 Å². The fourth-order valence-electron chi connectivity index (χ4n) is 1.41. The van der Waals surface area contributed by atoms with Gasteiger partial charge in [0, 0.05) is 18.1 Å². The zero-order valence-electron chi connectivity index (χ0n) is 10.3. The van der Waals surface area contributed by atoms with Gasteiger partial charge in [0.2, 0.25) is 0 Å². The van der Waals surface area contributed by atoms with Crippen molar-refractivity contribution in [1.29, 1.82) is 0 Å². The highest BCUT2D eigenvalue weighted by molar-refractivity contribution is 5.85. The number of hydrogen-bond donors (Lipinski definition) is 2. The molecule has 0 heterocycles. The largest absolute Gasteiger partial charge is 0.435 e. The van der Waals surface area contributed by atoms with Gasteiger partial charge in [-0.25, -0.2) is 0 Å². The Morgan fingerprint density at radius 3 is 2.17 bits per heavy atom. The molecule has 6 heteroatoms. The molecule has 1 aromatic rings. The van der Waals surface area contributed by atoms with Crippen molar-refractivity contribution in [2.75, 3.05) is 6.61 Å². The molecule has 0 aliphatic carbocycles. The third-order valence-electron chi connectivity index (χ3n) is 2.71. The Morgan fingerprint density at radius 1 is 1.28 bits per heavy atom. The quantitative estimate of drug-likeness (QED) is 0.872. The molecule has 0 fully saturated rings. The van der Waals surface area contributed by atoms with Crippen molar-refractivity contribution in [3.05, 3.63) is 29.8 Å². The molecule has 18 heavy (non-hydrogen) atoms. The lowest BCUT2D eigenvalue weighted by Gasteiger charge is -2.29. The Balaban J connectivity index is 0.00000289. The van der Waals surface area contributed by atoms with Gasteiger partial charge >= 0.3 is 6.61 Å². The van der Waals surface area contributed by atoms with Crippen LogP contribution in [0.15, 0.2) is 24.3 Å². The number of halogens is 3. The van der Waals surface area contributed by atoms with Gasteiger partial charge in [0.05, 0.1) is 0 Å². The molecule has 0 saturated heterocycles. The molecule has 1 rings (SSSR count). The molecule has 1 atom stereocenters. The first-order valence-electron chi connectivity index (χ1n) is 5.28. The van der Waals surface area contributed by atoms with Crippen LogP contribution in [0.3, 0.4) is 0 Å². The Bertz CT molecular complexity index is 358. The molecule has 0 aliphatic heterocycles. The number of rotatable bonds is 5. The third-order valence-corrected chi connectivity index (χ3v) is 2.71. The molecule has 0 aliphatic rings. The fraction of sp³-hybridized carbons (Fsp3) is 0.500. The summed E-state index contributed by atoms with van der Waals surface area (Å²) in [5.74, 6) is 0.0951. The van der Waals surface area contributed by atoms with Gasteiger partial charge in [-0.15, -0.1) is 12.4 Å². The van der Waals surface area contributed by atoms with Crippen LogP contribution < -0.4 is 10.5 Å². The van der Waals surface area contributed by atoms with Gasteiger partial charge in [-0.3, -0.25) is 0 Å². The predicted octanol–water partition coefficient (Wildman–Crippen LogP) is 2.73. The van der Waals surface area contributed by atoms with E-state index in [9.17, 15) is 13.9 Å². The molecule has 3 N–H and O–H groups in total. The van der Waals surface area contributed by atoms with E-state index in [0.717, 1.165) is 5.56 Å². The summed E-state index contributed by atoms with van der Waals surface area (Å²) < 4.78 is 28.1. The maximum atomic E-state index is 11.9. The van der Waals surface area contributed by atoms with Crippen LogP contribution in [0.5, 0.6) is 5.75 Å². The predicted molar refractivity (Wildman–Crippen MR) is 68.1 cm³/mol. The van der Waals surface area contributed by atoms with E-state index in [1.165, 1.54) is 12.1 Å². The van der Waals surface area contributed by atoms with E-state index in [0.29, 0.717) is 0 Å². The summed E-state index contributed by atoms with van der Waals surface area (Å²) in [6, 6.07) is 5.76. The van der Waals surface area contributed by atoms with E-state index in [2.05, 4.69) is 4.74 Å². The number of ether oxygens (including phenoxy) is 1. The number of aliphatic hydroxyl groups is 1. The number of hydrogen-bond acceptors (Lipinski definition) is 3. The summed E-state index contributed by atoms with van der Waals surface area (Å²) in [5, 5.41) is 9.20. The van der Waals surface area contributed by atoms with Gasteiger partial charge in [0.1, 0.15) is 5.75 Å². The SMILES string of the molecule is CC(C)(CO)[C@@H](N)c1ccc(OC(F)F)cc1.Cl. The van der Waals surface area contributed by atoms with Crippen LogP contribution in [0.2, 0.25) is 0 Å². The van der Waals surface area contributed by atoms with Crippen molar-refractivity contribution in [1.82, 2.24) is 0 Å². The molecule has 0 bridgehead atoms. The lowest BCUT2D eigenvalue weighted by Crippen LogP contribution is -2.32. The van der Waals surface area contributed by atoms with E-state index in [1.54, 1.807) is 12.1 Å². The molecule has 0 radical (unpaired) electrons. The summed E-state index contributed by atoms with van der Waals surface area (Å²) in [6.45, 7) is 0.787. The highest BCUT2D eigenvalue weighted by atomic mass is 35.5. The first-order chi connectivity index (χ1) is 7.86. The minimum atomic E-state index is -2.83. The zero-order valence-corrected chi connectivity index (χ0v) is 11.1. The maximum absolute atomic E-state index is 11.9. The van der Waals surface area contributed by atoms with Gasteiger partial charge in [0.15, 0.2) is 0 Å². The van der Waals surface area contributed by atoms with E-state index in [1.807, 2.05) is 13.8 Å². The Kier molecular flexibility index (Phi) is 6.52. The first kappa shape index (κ1) is 17.1. The molecule has 104 valence electrons. The minimum absolute atomic E-state index is 0. The van der Waals surface area contributed by atoms with E-state index in [-0.39, 0.29) is 30.8 Å². The van der Waals surface area contributed by atoms with Crippen LogP contribution in [0, 0.1) is 5.41 Å². The first-order valence-corrected chi connectivity index (χ1v) is 5.28. The monoisotopic (exact) mass is 281 g/mol. The van der Waals surface area contributed by atoms with Crippen molar-refractivity contribution in [3.63, 3.8) is 0 Å². The number of benzene rings is 1. The lowest BCUT2D eigenvalue weighted by molar-refractivity contribution is -0.0498. The highest BCUT2D eigenvalue weighted by Crippen LogP contribution is 2.31. The average Bonchev–Trinajstić information content (AvgIpc) is 2.28. The van der Waals surface area contributed by atoms with Crippen molar-refractivity contribution in [2.24, 2.45) is 11.1 Å². The summed E-state index contributed by atoms with van der Waals surface area (Å²) in [4.78, 5) is 0. The maximum Gasteiger partial charge on any atom is 0.387 e. The van der Waals surface area contributed by atoms with Crippen molar-refractivity contribution in [3.8, 4) is 5.75 Å². The average molecular weight is 282 g/mol. The standard InChI is InChI=1S/C12H17F2NO2.ClH/c1-12(2,7-16)10(15)8-3-5-9(6-4-8)17-11(13)14;/h3-6,10-11,16H,7,15H2,1-2H3;1H/t10-;/m0./s1. The normalized spacial score (nSPS) is 13.1. The smallest absolute Gasteiger partial charge is 0.387 e. The summed E-state index contributed by atoms with van der Waals surface area (Å²) >= 11 is 0. The van der Waals surface area contributed by atoms with Gasteiger partial charge < -0.3 is 15.6 Å². The molecular weight excluding hydrogens is 264 g/mol. The molecule has 3 nitrogen and oxygen atoms in total. The van der Waals surface area contributed by atoms with Crippen LogP contribution in [-0.4, -0.2) is 18.3 Å². The van der Waals surface area contributed by atoms with Gasteiger partial charge in [-0.1, -0.05) is 26.0 Å². The van der Waals surface area contributed by atoms with Gasteiger partial charge in [0.25, 0.3) is 0 Å². The molecule has 0 saturated carbocycles. The summed E-state index contributed by atoms with van der Waals surface area (Å²) in [5.41, 5.74) is 6.29. The summed E-state index contributed by atoms with van der Waals surface area (Å²) in [7, 11) is 0. The second-order valence-corrected chi connectivity index (χ2v) is 4.57. The minimum Gasteiger partial charge on any atom is -0.435 e. The molecule has 0 aromatic heterocycles. The van der Waals surface area contributed by atoms with Crippen LogP contribution in [0.25, 0.3) is 0 Å². The van der Waals surface area contributed by atoms with Crippen LogP contribution >= 0.6 is 12.4 Å². The van der Waals surface area contributed by atoms with Crippen LogP contribution in [0.1, 0.15) is 25.5 Å². The Morgan fingerprint density at radius 2 is 1.78 bits per heavy atom. The number of nitrogens with two attached hydrogens (primary N) is 1. The second-order valence-electron chi connectivity index (χ2n) is 4.57. The van der Waals surface area contributed by atoms with Crippen molar-refractivity contribution >= 4 is 12.4 Å². The third kappa shape index (κ3) is 4.40. The molecule has 0 amide bonds. The van der Waals surface area contributed by atoms with Gasteiger partial charge in [-0.05, 0) is 17.7 Å². The fourth-order valence-corrected chi connectivity index (χ4v) is 1.41. The van der Waals surface area contributed by atoms with Crippen LogP contribution in [-0.2, 0) is 0 Å². The topological polar surface area (TPSA) is 55.5 Å². The Labute approximate surface area is 111 Å². The van der Waals surface area contributed by atoms with E-state index in [4.69, 9.17) is 5.73 Å². The van der Waals surface area contributed by atoms with Gasteiger partial charge in [-0.2, -0.15) is 8.78 Å². The van der Waals surface area contributed by atoms with E-state index >= 15 is 0 Å². The number of alkyl halides is 2. The van der Waals surface area contributed by atoms with Crippen molar-refractivity contribution in [2.45, 2.75) is 26.5 Å². The molecule has 1 aromatic carbocycles. The lowest BCUT2D eigenvalue weighted by atomic mass is 9.82. The summed E-state index contributed by atoms with van der Waals surface area (Å²) in [6.07, 6.45) is 0. The highest BCUT2D eigenvalue weighted by Gasteiger charge is 2.26. The second kappa shape index (κ2) is 6.87. The zero-order chi connectivity index (χ0) is 13.1. The Hall–Kier alpha value is -0.910. The molecular formula is C12H18ClF2NO2.